The molecule has 1 aliphatic rings. The van der Waals surface area contributed by atoms with Gasteiger partial charge in [-0.3, -0.25) is 14.3 Å². The van der Waals surface area contributed by atoms with Gasteiger partial charge in [-0.25, -0.2) is 4.79 Å². The maximum atomic E-state index is 11.9. The Hall–Kier alpha value is -2.26. The van der Waals surface area contributed by atoms with Gasteiger partial charge in [0.05, 0.1) is 12.6 Å². The zero-order valence-corrected chi connectivity index (χ0v) is 12.8. The van der Waals surface area contributed by atoms with Gasteiger partial charge in [-0.15, -0.1) is 0 Å². The van der Waals surface area contributed by atoms with Crippen LogP contribution in [0.4, 0.5) is 0 Å². The van der Waals surface area contributed by atoms with Crippen molar-refractivity contribution in [1.29, 1.82) is 0 Å². The summed E-state index contributed by atoms with van der Waals surface area (Å²) >= 11 is 0. The average molecular weight is 333 g/mol. The van der Waals surface area contributed by atoms with Crippen LogP contribution in [0.25, 0.3) is 0 Å². The topological polar surface area (TPSA) is 117 Å². The maximum absolute atomic E-state index is 11.9. The fraction of sp³-hybridized carbons (Fsp3) is 0.375. The molecule has 8 heteroatoms. The molecule has 0 unspecified atom stereocenters. The number of nitrogens with zero attached hydrogens (tertiary/aromatic N) is 1. The summed E-state index contributed by atoms with van der Waals surface area (Å²) in [4.78, 5) is 25.2. The van der Waals surface area contributed by atoms with E-state index < -0.39 is 35.7 Å². The fourth-order valence-corrected chi connectivity index (χ4v) is 2.84. The Bertz CT molecular complexity index is 788. The lowest BCUT2D eigenvalue weighted by molar-refractivity contribution is -0.0533. The molecule has 2 aromatic rings. The van der Waals surface area contributed by atoms with Crippen LogP contribution in [0.5, 0.6) is 0 Å². The SMILES string of the molecule is O=c1ccn([C@@H]2O[C@H](CO)[C@@H](NCc3ccccc3)[C@@H]2O)c(=O)[nH]1. The molecule has 1 aliphatic heterocycles. The monoisotopic (exact) mass is 333 g/mol. The van der Waals surface area contributed by atoms with Crippen molar-refractivity contribution >= 4 is 0 Å². The van der Waals surface area contributed by atoms with E-state index in [0.29, 0.717) is 6.54 Å². The molecule has 0 aliphatic carbocycles. The molecule has 1 saturated heterocycles. The van der Waals surface area contributed by atoms with E-state index >= 15 is 0 Å². The van der Waals surface area contributed by atoms with Gasteiger partial charge in [-0.05, 0) is 5.56 Å². The Labute approximate surface area is 137 Å². The number of ether oxygens (including phenoxy) is 1. The maximum Gasteiger partial charge on any atom is 0.330 e. The van der Waals surface area contributed by atoms with Crippen molar-refractivity contribution in [2.24, 2.45) is 0 Å². The molecule has 0 spiro atoms. The van der Waals surface area contributed by atoms with Crippen molar-refractivity contribution < 1.29 is 14.9 Å². The number of aromatic amines is 1. The van der Waals surface area contributed by atoms with Crippen LogP contribution in [-0.2, 0) is 11.3 Å². The molecule has 24 heavy (non-hydrogen) atoms. The first-order valence-electron chi connectivity index (χ1n) is 7.63. The number of nitrogens with one attached hydrogen (secondary N) is 2. The standard InChI is InChI=1S/C16H19N3O5/c20-9-11-13(17-8-10-4-2-1-3-5-10)14(22)15(24-11)19-7-6-12(21)18-16(19)23/h1-7,11,13-15,17,20,22H,8-9H2,(H,18,21,23)/t11-,13-,14+,15-/m1/s1. The number of rotatable bonds is 5. The van der Waals surface area contributed by atoms with Crippen LogP contribution < -0.4 is 16.6 Å². The van der Waals surface area contributed by atoms with Crippen LogP contribution in [0.3, 0.4) is 0 Å². The highest BCUT2D eigenvalue weighted by atomic mass is 16.5. The van der Waals surface area contributed by atoms with Gasteiger partial charge in [0.1, 0.15) is 12.2 Å². The van der Waals surface area contributed by atoms with Gasteiger partial charge < -0.3 is 20.3 Å². The van der Waals surface area contributed by atoms with Crippen LogP contribution in [0.2, 0.25) is 0 Å². The summed E-state index contributed by atoms with van der Waals surface area (Å²) in [5.74, 6) is 0. The van der Waals surface area contributed by atoms with E-state index in [2.05, 4.69) is 10.3 Å². The van der Waals surface area contributed by atoms with Gasteiger partial charge in [0.15, 0.2) is 6.23 Å². The summed E-state index contributed by atoms with van der Waals surface area (Å²) in [7, 11) is 0. The van der Waals surface area contributed by atoms with Gasteiger partial charge >= 0.3 is 5.69 Å². The largest absolute Gasteiger partial charge is 0.394 e. The molecule has 3 rings (SSSR count). The zero-order valence-electron chi connectivity index (χ0n) is 12.8. The van der Waals surface area contributed by atoms with Crippen LogP contribution in [0, 0.1) is 0 Å². The van der Waals surface area contributed by atoms with Gasteiger partial charge in [0, 0.05) is 18.8 Å². The van der Waals surface area contributed by atoms with Crippen molar-refractivity contribution in [3.8, 4) is 0 Å². The lowest BCUT2D eigenvalue weighted by Gasteiger charge is -2.21. The van der Waals surface area contributed by atoms with Gasteiger partial charge in [0.25, 0.3) is 5.56 Å². The number of hydrogen-bond donors (Lipinski definition) is 4. The normalized spacial score (nSPS) is 26.6. The Balaban J connectivity index is 1.78. The first-order valence-corrected chi connectivity index (χ1v) is 7.63. The lowest BCUT2D eigenvalue weighted by Crippen LogP contribution is -2.46. The molecule has 0 bridgehead atoms. The van der Waals surface area contributed by atoms with Crippen molar-refractivity contribution in [2.45, 2.75) is 31.0 Å². The van der Waals surface area contributed by atoms with E-state index in [1.807, 2.05) is 30.3 Å². The second kappa shape index (κ2) is 7.10. The average Bonchev–Trinajstić information content (AvgIpc) is 2.90. The highest BCUT2D eigenvalue weighted by molar-refractivity contribution is 5.14. The third kappa shape index (κ3) is 3.31. The molecule has 0 radical (unpaired) electrons. The molecule has 8 nitrogen and oxygen atoms in total. The van der Waals surface area contributed by atoms with E-state index in [-0.39, 0.29) is 6.61 Å². The van der Waals surface area contributed by atoms with E-state index in [4.69, 9.17) is 4.74 Å². The Morgan fingerprint density at radius 3 is 2.62 bits per heavy atom. The second-order valence-electron chi connectivity index (χ2n) is 5.65. The van der Waals surface area contributed by atoms with Crippen molar-refractivity contribution in [2.75, 3.05) is 6.61 Å². The van der Waals surface area contributed by atoms with Gasteiger partial charge in [-0.1, -0.05) is 30.3 Å². The minimum Gasteiger partial charge on any atom is -0.394 e. The minimum atomic E-state index is -1.06. The van der Waals surface area contributed by atoms with E-state index in [0.717, 1.165) is 10.1 Å². The van der Waals surface area contributed by atoms with Crippen molar-refractivity contribution in [3.05, 3.63) is 69.0 Å². The quantitative estimate of drug-likeness (QED) is 0.555. The Morgan fingerprint density at radius 1 is 1.21 bits per heavy atom. The molecule has 128 valence electrons. The molecule has 0 saturated carbocycles. The number of aromatic nitrogens is 2. The first kappa shape index (κ1) is 16.6. The van der Waals surface area contributed by atoms with E-state index in [9.17, 15) is 19.8 Å². The summed E-state index contributed by atoms with van der Waals surface area (Å²) in [5, 5.41) is 23.2. The number of aliphatic hydroxyl groups is 2. The Morgan fingerprint density at radius 2 is 1.96 bits per heavy atom. The smallest absolute Gasteiger partial charge is 0.330 e. The second-order valence-corrected chi connectivity index (χ2v) is 5.65. The lowest BCUT2D eigenvalue weighted by atomic mass is 10.1. The minimum absolute atomic E-state index is 0.307. The van der Waals surface area contributed by atoms with Gasteiger partial charge in [-0.2, -0.15) is 0 Å². The van der Waals surface area contributed by atoms with Crippen LogP contribution in [0.15, 0.2) is 52.2 Å². The van der Waals surface area contributed by atoms with Crippen LogP contribution in [-0.4, -0.2) is 44.6 Å². The third-order valence-electron chi connectivity index (χ3n) is 4.06. The number of hydrogen-bond acceptors (Lipinski definition) is 6. The van der Waals surface area contributed by atoms with Gasteiger partial charge in [0.2, 0.25) is 0 Å². The molecule has 2 heterocycles. The predicted octanol–water partition coefficient (Wildman–Crippen LogP) is -1.05. The highest BCUT2D eigenvalue weighted by Gasteiger charge is 2.44. The molecular weight excluding hydrogens is 314 g/mol. The Kier molecular flexibility index (Phi) is 4.91. The fourth-order valence-electron chi connectivity index (χ4n) is 2.84. The zero-order chi connectivity index (χ0) is 17.1. The summed E-state index contributed by atoms with van der Waals surface area (Å²) in [6.45, 7) is 0.174. The van der Waals surface area contributed by atoms with E-state index in [1.54, 1.807) is 0 Å². The number of aliphatic hydroxyl groups excluding tert-OH is 2. The van der Waals surface area contributed by atoms with Crippen LogP contribution in [0.1, 0.15) is 11.8 Å². The molecule has 1 fully saturated rings. The van der Waals surface area contributed by atoms with Crippen molar-refractivity contribution in [1.82, 2.24) is 14.9 Å². The molecule has 1 aromatic heterocycles. The summed E-state index contributed by atoms with van der Waals surface area (Å²) in [5.41, 5.74) is -0.181. The molecule has 0 amide bonds. The summed E-state index contributed by atoms with van der Waals surface area (Å²) in [6, 6.07) is 10.2. The highest BCUT2D eigenvalue weighted by Crippen LogP contribution is 2.28. The third-order valence-corrected chi connectivity index (χ3v) is 4.06. The number of benzene rings is 1. The molecule has 1 aromatic carbocycles. The predicted molar refractivity (Wildman–Crippen MR) is 85.4 cm³/mol. The summed E-state index contributed by atoms with van der Waals surface area (Å²) < 4.78 is 6.72. The van der Waals surface area contributed by atoms with Crippen LogP contribution >= 0.6 is 0 Å². The first-order chi connectivity index (χ1) is 11.6. The molecule has 4 N–H and O–H groups in total. The van der Waals surface area contributed by atoms with E-state index in [1.165, 1.54) is 12.3 Å². The molecular formula is C16H19N3O5. The summed E-state index contributed by atoms with van der Waals surface area (Å²) in [6.07, 6.45) is -1.45. The van der Waals surface area contributed by atoms with Crippen molar-refractivity contribution in [3.63, 3.8) is 0 Å². The number of H-pyrrole nitrogens is 1. The molecule has 4 atom stereocenters.